The van der Waals surface area contributed by atoms with Crippen LogP contribution < -0.4 is 20.7 Å². The van der Waals surface area contributed by atoms with Crippen molar-refractivity contribution >= 4 is 46.9 Å². The smallest absolute Gasteiger partial charge is 0.272 e. The van der Waals surface area contributed by atoms with Gasteiger partial charge in [0.15, 0.2) is 0 Å². The molecule has 4 aromatic rings. The van der Waals surface area contributed by atoms with E-state index in [0.29, 0.717) is 29.0 Å². The van der Waals surface area contributed by atoms with Gasteiger partial charge in [-0.05, 0) is 91.6 Å². The summed E-state index contributed by atoms with van der Waals surface area (Å²) in [5.74, 6) is -0.287. The number of ether oxygens (including phenoxy) is 1. The largest absolute Gasteiger partial charge is 0.497 e. The summed E-state index contributed by atoms with van der Waals surface area (Å²) in [6.45, 7) is 5.98. The van der Waals surface area contributed by atoms with Gasteiger partial charge in [0.1, 0.15) is 11.4 Å². The highest BCUT2D eigenvalue weighted by Crippen LogP contribution is 2.29. The Morgan fingerprint density at radius 2 is 1.58 bits per heavy atom. The van der Waals surface area contributed by atoms with E-state index in [9.17, 15) is 14.4 Å². The Hall–Kier alpha value is -4.82. The standard InChI is InChI=1S/C35H35N3O4S/c1-5-32(35(41)37-30-16-9-11-23(2)24(30)3)43-29-15-10-14-27(22-29)36-34(40)31(21-25-17-19-28(42-4)20-18-25)38-33(39)26-12-7-6-8-13-26/h6-22,32H,5H2,1-4H3,(H,36,40)(H,37,41)(H,38,39)/b31-21+. The fourth-order valence-electron chi connectivity index (χ4n) is 4.24. The Morgan fingerprint density at radius 1 is 0.860 bits per heavy atom. The molecule has 0 aliphatic carbocycles. The monoisotopic (exact) mass is 593 g/mol. The number of aryl methyl sites for hydroxylation is 1. The lowest BCUT2D eigenvalue weighted by atomic mass is 10.1. The van der Waals surface area contributed by atoms with Gasteiger partial charge in [0.2, 0.25) is 5.91 Å². The molecule has 3 N–H and O–H groups in total. The molecular formula is C35H35N3O4S. The SMILES string of the molecule is CCC(Sc1cccc(NC(=O)/C(=C\c2ccc(OC)cc2)NC(=O)c2ccccc2)c1)C(=O)Nc1cccc(C)c1C. The zero-order chi connectivity index (χ0) is 30.8. The van der Waals surface area contributed by atoms with Gasteiger partial charge in [-0.2, -0.15) is 0 Å². The number of anilines is 2. The van der Waals surface area contributed by atoms with Crippen LogP contribution in [0.1, 0.15) is 40.4 Å². The van der Waals surface area contributed by atoms with Gasteiger partial charge < -0.3 is 20.7 Å². The van der Waals surface area contributed by atoms with Crippen LogP contribution in [0.5, 0.6) is 5.75 Å². The van der Waals surface area contributed by atoms with Gasteiger partial charge in [-0.3, -0.25) is 14.4 Å². The van der Waals surface area contributed by atoms with Crippen LogP contribution in [-0.2, 0) is 9.59 Å². The maximum atomic E-state index is 13.5. The summed E-state index contributed by atoms with van der Waals surface area (Å²) in [5, 5.41) is 8.38. The maximum Gasteiger partial charge on any atom is 0.272 e. The normalized spacial score (nSPS) is 11.8. The van der Waals surface area contributed by atoms with Crippen molar-refractivity contribution < 1.29 is 19.1 Å². The molecule has 4 rings (SSSR count). The molecule has 0 fully saturated rings. The summed E-state index contributed by atoms with van der Waals surface area (Å²) in [6, 6.07) is 29.0. The number of hydrogen-bond acceptors (Lipinski definition) is 5. The van der Waals surface area contributed by atoms with Crippen molar-refractivity contribution in [3.05, 3.63) is 125 Å². The van der Waals surface area contributed by atoms with E-state index in [1.165, 1.54) is 11.8 Å². The van der Waals surface area contributed by atoms with E-state index in [-0.39, 0.29) is 16.9 Å². The van der Waals surface area contributed by atoms with Gasteiger partial charge in [-0.1, -0.05) is 55.5 Å². The van der Waals surface area contributed by atoms with Crippen LogP contribution in [0.15, 0.2) is 108 Å². The van der Waals surface area contributed by atoms with Crippen molar-refractivity contribution in [1.29, 1.82) is 0 Å². The highest BCUT2D eigenvalue weighted by atomic mass is 32.2. The summed E-state index contributed by atoms with van der Waals surface area (Å²) >= 11 is 1.43. The molecule has 1 atom stereocenters. The average Bonchev–Trinajstić information content (AvgIpc) is 3.02. The number of methoxy groups -OCH3 is 1. The van der Waals surface area contributed by atoms with Crippen molar-refractivity contribution in [2.24, 2.45) is 0 Å². The summed E-state index contributed by atoms with van der Waals surface area (Å²) in [4.78, 5) is 40.4. The first-order chi connectivity index (χ1) is 20.8. The molecule has 0 saturated carbocycles. The number of rotatable bonds is 11. The van der Waals surface area contributed by atoms with Gasteiger partial charge in [-0.25, -0.2) is 0 Å². The molecule has 0 heterocycles. The van der Waals surface area contributed by atoms with Crippen LogP contribution in [0, 0.1) is 13.8 Å². The predicted octanol–water partition coefficient (Wildman–Crippen LogP) is 7.23. The number of benzene rings is 4. The Bertz CT molecular complexity index is 1620. The number of nitrogens with one attached hydrogen (secondary N) is 3. The Labute approximate surface area is 256 Å². The summed E-state index contributed by atoms with van der Waals surface area (Å²) < 4.78 is 5.23. The first-order valence-electron chi connectivity index (χ1n) is 13.9. The minimum Gasteiger partial charge on any atom is -0.497 e. The highest BCUT2D eigenvalue weighted by Gasteiger charge is 2.20. The van der Waals surface area contributed by atoms with Crippen molar-refractivity contribution in [1.82, 2.24) is 5.32 Å². The third-order valence-corrected chi connectivity index (χ3v) is 8.21. The molecule has 7 nitrogen and oxygen atoms in total. The summed E-state index contributed by atoms with van der Waals surface area (Å²) in [7, 11) is 1.58. The quantitative estimate of drug-likeness (QED) is 0.126. The molecule has 0 aliphatic rings. The maximum absolute atomic E-state index is 13.5. The summed E-state index contributed by atoms with van der Waals surface area (Å²) in [5.41, 5.74) is 4.72. The van der Waals surface area contributed by atoms with Gasteiger partial charge >= 0.3 is 0 Å². The molecule has 4 aromatic carbocycles. The third kappa shape index (κ3) is 8.59. The molecule has 43 heavy (non-hydrogen) atoms. The fraction of sp³-hybridized carbons (Fsp3) is 0.171. The van der Waals surface area contributed by atoms with E-state index in [1.807, 2.05) is 63.2 Å². The fourth-order valence-corrected chi connectivity index (χ4v) is 5.25. The second kappa shape index (κ2) is 14.9. The van der Waals surface area contributed by atoms with E-state index >= 15 is 0 Å². The summed E-state index contributed by atoms with van der Waals surface area (Å²) in [6.07, 6.45) is 2.23. The number of amides is 3. The molecular weight excluding hydrogens is 558 g/mol. The van der Waals surface area contributed by atoms with E-state index in [2.05, 4.69) is 16.0 Å². The second-order valence-electron chi connectivity index (χ2n) is 9.88. The number of carbonyl (C=O) groups excluding carboxylic acids is 3. The van der Waals surface area contributed by atoms with Gasteiger partial charge in [0.25, 0.3) is 11.8 Å². The number of thioether (sulfide) groups is 1. The van der Waals surface area contributed by atoms with Crippen molar-refractivity contribution in [2.45, 2.75) is 37.3 Å². The lowest BCUT2D eigenvalue weighted by molar-refractivity contribution is -0.116. The molecule has 0 aliphatic heterocycles. The molecule has 1 unspecified atom stereocenters. The first-order valence-corrected chi connectivity index (χ1v) is 14.8. The zero-order valence-electron chi connectivity index (χ0n) is 24.6. The lowest BCUT2D eigenvalue weighted by Gasteiger charge is -2.17. The van der Waals surface area contributed by atoms with Gasteiger partial charge in [0.05, 0.1) is 12.4 Å². The number of carbonyl (C=O) groups is 3. The van der Waals surface area contributed by atoms with Crippen LogP contribution in [-0.4, -0.2) is 30.1 Å². The molecule has 220 valence electrons. The lowest BCUT2D eigenvalue weighted by Crippen LogP contribution is -2.30. The van der Waals surface area contributed by atoms with Crippen LogP contribution in [0.25, 0.3) is 6.08 Å². The minimum atomic E-state index is -0.484. The van der Waals surface area contributed by atoms with E-state index in [4.69, 9.17) is 4.74 Å². The van der Waals surface area contributed by atoms with Crippen molar-refractivity contribution in [3.8, 4) is 5.75 Å². The molecule has 0 aromatic heterocycles. The molecule has 0 radical (unpaired) electrons. The van der Waals surface area contributed by atoms with Crippen LogP contribution in [0.3, 0.4) is 0 Å². The molecule has 8 heteroatoms. The van der Waals surface area contributed by atoms with Crippen molar-refractivity contribution in [2.75, 3.05) is 17.7 Å². The average molecular weight is 594 g/mol. The first kappa shape index (κ1) is 31.1. The molecule has 0 saturated heterocycles. The third-order valence-electron chi connectivity index (χ3n) is 6.85. The van der Waals surface area contributed by atoms with Gasteiger partial charge in [-0.15, -0.1) is 11.8 Å². The second-order valence-corrected chi connectivity index (χ2v) is 11.2. The number of hydrogen-bond donors (Lipinski definition) is 3. The molecule has 0 spiro atoms. The Morgan fingerprint density at radius 3 is 2.28 bits per heavy atom. The van der Waals surface area contributed by atoms with E-state index in [0.717, 1.165) is 21.7 Å². The Balaban J connectivity index is 1.51. The minimum absolute atomic E-state index is 0.0797. The highest BCUT2D eigenvalue weighted by molar-refractivity contribution is 8.00. The van der Waals surface area contributed by atoms with E-state index < -0.39 is 11.8 Å². The van der Waals surface area contributed by atoms with Crippen LogP contribution >= 0.6 is 11.8 Å². The van der Waals surface area contributed by atoms with E-state index in [1.54, 1.807) is 67.8 Å². The Kier molecular flexibility index (Phi) is 10.8. The topological polar surface area (TPSA) is 96.5 Å². The van der Waals surface area contributed by atoms with Crippen molar-refractivity contribution in [3.63, 3.8) is 0 Å². The molecule has 3 amide bonds. The van der Waals surface area contributed by atoms with Crippen LogP contribution in [0.2, 0.25) is 0 Å². The predicted molar refractivity (Wildman–Crippen MR) is 174 cm³/mol. The zero-order valence-corrected chi connectivity index (χ0v) is 25.5. The van der Waals surface area contributed by atoms with Gasteiger partial charge in [0, 0.05) is 21.8 Å². The van der Waals surface area contributed by atoms with Crippen LogP contribution in [0.4, 0.5) is 11.4 Å². The molecule has 0 bridgehead atoms.